The van der Waals surface area contributed by atoms with Crippen molar-refractivity contribution >= 4 is 17.5 Å². The minimum atomic E-state index is -0.0190. The Morgan fingerprint density at radius 2 is 2.04 bits per heavy atom. The number of anilines is 1. The number of amides is 1. The van der Waals surface area contributed by atoms with E-state index in [0.29, 0.717) is 36.8 Å². The van der Waals surface area contributed by atoms with Crippen LogP contribution in [0.15, 0.2) is 18.3 Å². The van der Waals surface area contributed by atoms with Gasteiger partial charge >= 0.3 is 0 Å². The number of hydrogen-bond acceptors (Lipinski definition) is 5. The molecule has 2 aliphatic rings. The second-order valence-electron chi connectivity index (χ2n) is 8.01. The number of aromatic nitrogens is 1. The predicted octanol–water partition coefficient (Wildman–Crippen LogP) is 2.78. The molecule has 0 spiro atoms. The summed E-state index contributed by atoms with van der Waals surface area (Å²) in [6.07, 6.45) is 5.04. The van der Waals surface area contributed by atoms with Gasteiger partial charge in [-0.1, -0.05) is 13.8 Å². The molecule has 2 aliphatic heterocycles. The molecule has 1 atom stereocenters. The van der Waals surface area contributed by atoms with Crippen LogP contribution in [0.4, 0.5) is 5.82 Å². The van der Waals surface area contributed by atoms with E-state index < -0.39 is 0 Å². The predicted molar refractivity (Wildman–Crippen MR) is 105 cm³/mol. The maximum atomic E-state index is 12.9. The number of Topliss-reactive ketones (excluding diaryl/α,β-unsaturated/α-hetero) is 1. The van der Waals surface area contributed by atoms with Gasteiger partial charge in [-0.25, -0.2) is 4.98 Å². The molecule has 0 N–H and O–H groups in total. The molecule has 148 valence electrons. The SMILES string of the molecule is CC(C)CC(=O)C1CCCN(C(=O)c2ccc(N3CCCOCC3)nc2)C1. The Balaban J connectivity index is 1.62. The molecule has 2 saturated heterocycles. The fourth-order valence-corrected chi connectivity index (χ4v) is 3.85. The lowest BCUT2D eigenvalue weighted by atomic mass is 9.89. The van der Waals surface area contributed by atoms with Crippen molar-refractivity contribution in [2.24, 2.45) is 11.8 Å². The number of ether oxygens (including phenoxy) is 1. The van der Waals surface area contributed by atoms with E-state index >= 15 is 0 Å². The molecule has 2 fully saturated rings. The van der Waals surface area contributed by atoms with Gasteiger partial charge in [0.1, 0.15) is 11.6 Å². The fourth-order valence-electron chi connectivity index (χ4n) is 3.85. The largest absolute Gasteiger partial charge is 0.380 e. The van der Waals surface area contributed by atoms with Gasteiger partial charge in [-0.15, -0.1) is 0 Å². The van der Waals surface area contributed by atoms with Gasteiger partial charge in [0, 0.05) is 51.3 Å². The van der Waals surface area contributed by atoms with Crippen LogP contribution in [-0.2, 0) is 9.53 Å². The van der Waals surface area contributed by atoms with Crippen LogP contribution in [-0.4, -0.2) is 61.0 Å². The number of nitrogens with zero attached hydrogens (tertiary/aromatic N) is 3. The third-order valence-corrected chi connectivity index (χ3v) is 5.31. The van der Waals surface area contributed by atoms with E-state index in [9.17, 15) is 9.59 Å². The average molecular weight is 373 g/mol. The summed E-state index contributed by atoms with van der Waals surface area (Å²) >= 11 is 0. The summed E-state index contributed by atoms with van der Waals surface area (Å²) in [7, 11) is 0. The molecule has 0 aliphatic carbocycles. The molecular weight excluding hydrogens is 342 g/mol. The van der Waals surface area contributed by atoms with Crippen LogP contribution in [0, 0.1) is 11.8 Å². The van der Waals surface area contributed by atoms with Crippen LogP contribution in [0.2, 0.25) is 0 Å². The molecule has 3 heterocycles. The smallest absolute Gasteiger partial charge is 0.255 e. The van der Waals surface area contributed by atoms with Crippen molar-refractivity contribution in [1.82, 2.24) is 9.88 Å². The average Bonchev–Trinajstić information content (AvgIpc) is 2.97. The molecular formula is C21H31N3O3. The highest BCUT2D eigenvalue weighted by Crippen LogP contribution is 2.22. The fraction of sp³-hybridized carbons (Fsp3) is 0.667. The Hall–Kier alpha value is -1.95. The van der Waals surface area contributed by atoms with E-state index in [4.69, 9.17) is 4.74 Å². The van der Waals surface area contributed by atoms with Gasteiger partial charge in [0.05, 0.1) is 12.2 Å². The first-order valence-electron chi connectivity index (χ1n) is 10.2. The lowest BCUT2D eigenvalue weighted by molar-refractivity contribution is -0.124. The number of pyridine rings is 1. The highest BCUT2D eigenvalue weighted by atomic mass is 16.5. The summed E-state index contributed by atoms with van der Waals surface area (Å²) < 4.78 is 5.48. The van der Waals surface area contributed by atoms with Crippen molar-refractivity contribution in [3.63, 3.8) is 0 Å². The summed E-state index contributed by atoms with van der Waals surface area (Å²) in [5.41, 5.74) is 0.599. The topological polar surface area (TPSA) is 62.7 Å². The molecule has 1 unspecified atom stereocenters. The Morgan fingerprint density at radius 1 is 1.19 bits per heavy atom. The molecule has 1 aromatic rings. The Kier molecular flexibility index (Phi) is 6.83. The van der Waals surface area contributed by atoms with E-state index in [2.05, 4.69) is 23.7 Å². The molecule has 3 rings (SSSR count). The lowest BCUT2D eigenvalue weighted by Gasteiger charge is -2.32. The summed E-state index contributed by atoms with van der Waals surface area (Å²) in [5, 5.41) is 0. The summed E-state index contributed by atoms with van der Waals surface area (Å²) in [5.74, 6) is 1.51. The van der Waals surface area contributed by atoms with Gasteiger partial charge in [0.25, 0.3) is 5.91 Å². The third kappa shape index (κ3) is 5.28. The maximum absolute atomic E-state index is 12.9. The standard InChI is InChI=1S/C21H31N3O3/c1-16(2)13-19(25)18-5-3-8-24(15-18)21(26)17-6-7-20(22-14-17)23-9-4-11-27-12-10-23/h6-7,14,16,18H,3-5,8-13,15H2,1-2H3. The van der Waals surface area contributed by atoms with E-state index in [1.54, 1.807) is 6.20 Å². The molecule has 6 nitrogen and oxygen atoms in total. The molecule has 0 radical (unpaired) electrons. The number of piperidine rings is 1. The molecule has 0 aromatic carbocycles. The Labute approximate surface area is 161 Å². The molecule has 0 saturated carbocycles. The first-order chi connectivity index (χ1) is 13.0. The van der Waals surface area contributed by atoms with E-state index in [1.807, 2.05) is 17.0 Å². The minimum absolute atomic E-state index is 0.0182. The number of likely N-dealkylation sites (tertiary alicyclic amines) is 1. The molecule has 0 bridgehead atoms. The number of carbonyl (C=O) groups excluding carboxylic acids is 2. The lowest BCUT2D eigenvalue weighted by Crippen LogP contribution is -2.42. The molecule has 27 heavy (non-hydrogen) atoms. The van der Waals surface area contributed by atoms with Crippen molar-refractivity contribution in [2.75, 3.05) is 44.3 Å². The Bertz CT molecular complexity index is 637. The first kappa shape index (κ1) is 19.8. The summed E-state index contributed by atoms with van der Waals surface area (Å²) in [4.78, 5) is 33.8. The molecule has 1 amide bonds. The van der Waals surface area contributed by atoms with Crippen LogP contribution in [0.25, 0.3) is 0 Å². The van der Waals surface area contributed by atoms with Crippen LogP contribution in [0.5, 0.6) is 0 Å². The first-order valence-corrected chi connectivity index (χ1v) is 10.2. The second-order valence-corrected chi connectivity index (χ2v) is 8.01. The van der Waals surface area contributed by atoms with Gasteiger partial charge in [-0.2, -0.15) is 0 Å². The van der Waals surface area contributed by atoms with E-state index in [0.717, 1.165) is 51.3 Å². The monoisotopic (exact) mass is 373 g/mol. The van der Waals surface area contributed by atoms with Crippen LogP contribution >= 0.6 is 0 Å². The Morgan fingerprint density at radius 3 is 2.78 bits per heavy atom. The number of hydrogen-bond donors (Lipinski definition) is 0. The normalized spacial score (nSPS) is 21.2. The zero-order valence-corrected chi connectivity index (χ0v) is 16.5. The summed E-state index contributed by atoms with van der Waals surface area (Å²) in [6, 6.07) is 3.78. The second kappa shape index (κ2) is 9.31. The van der Waals surface area contributed by atoms with Crippen molar-refractivity contribution in [1.29, 1.82) is 0 Å². The quantitative estimate of drug-likeness (QED) is 0.794. The van der Waals surface area contributed by atoms with E-state index in [-0.39, 0.29) is 11.8 Å². The van der Waals surface area contributed by atoms with Crippen molar-refractivity contribution < 1.29 is 14.3 Å². The number of carbonyl (C=O) groups is 2. The van der Waals surface area contributed by atoms with Gasteiger partial charge in [0.2, 0.25) is 0 Å². The van der Waals surface area contributed by atoms with Gasteiger partial charge in [0.15, 0.2) is 0 Å². The van der Waals surface area contributed by atoms with Gasteiger partial charge in [-0.3, -0.25) is 9.59 Å². The third-order valence-electron chi connectivity index (χ3n) is 5.31. The van der Waals surface area contributed by atoms with Crippen LogP contribution in [0.3, 0.4) is 0 Å². The van der Waals surface area contributed by atoms with Crippen molar-refractivity contribution in [3.8, 4) is 0 Å². The number of rotatable bonds is 5. The van der Waals surface area contributed by atoms with Crippen LogP contribution < -0.4 is 4.90 Å². The van der Waals surface area contributed by atoms with Crippen molar-refractivity contribution in [2.45, 2.75) is 39.5 Å². The highest BCUT2D eigenvalue weighted by molar-refractivity contribution is 5.94. The zero-order chi connectivity index (χ0) is 19.2. The maximum Gasteiger partial charge on any atom is 0.255 e. The zero-order valence-electron chi connectivity index (χ0n) is 16.5. The minimum Gasteiger partial charge on any atom is -0.380 e. The number of ketones is 1. The van der Waals surface area contributed by atoms with E-state index in [1.165, 1.54) is 0 Å². The molecule has 6 heteroatoms. The van der Waals surface area contributed by atoms with Crippen LogP contribution in [0.1, 0.15) is 49.9 Å². The highest BCUT2D eigenvalue weighted by Gasteiger charge is 2.29. The van der Waals surface area contributed by atoms with Crippen molar-refractivity contribution in [3.05, 3.63) is 23.9 Å². The van der Waals surface area contributed by atoms with Gasteiger partial charge < -0.3 is 14.5 Å². The molecule has 1 aromatic heterocycles. The summed E-state index contributed by atoms with van der Waals surface area (Å²) in [6.45, 7) is 8.63. The van der Waals surface area contributed by atoms with Gasteiger partial charge in [-0.05, 0) is 37.3 Å².